The first kappa shape index (κ1) is 17.1. The lowest BCUT2D eigenvalue weighted by Gasteiger charge is -2.18. The summed E-state index contributed by atoms with van der Waals surface area (Å²) in [7, 11) is 0. The Labute approximate surface area is 146 Å². The first-order chi connectivity index (χ1) is 11.9. The van der Waals surface area contributed by atoms with Crippen molar-refractivity contribution >= 4 is 17.0 Å². The summed E-state index contributed by atoms with van der Waals surface area (Å²) in [5, 5.41) is 2.83. The number of aryl methyl sites for hydroxylation is 1. The van der Waals surface area contributed by atoms with E-state index in [1.54, 1.807) is 18.6 Å². The number of rotatable bonds is 5. The molecule has 0 spiro atoms. The molecule has 1 N–H and O–H groups in total. The van der Waals surface area contributed by atoms with Crippen LogP contribution in [0.3, 0.4) is 0 Å². The van der Waals surface area contributed by atoms with Gasteiger partial charge in [-0.1, -0.05) is 26.8 Å². The lowest BCUT2D eigenvalue weighted by molar-refractivity contribution is -0.121. The van der Waals surface area contributed by atoms with Crippen molar-refractivity contribution in [3.05, 3.63) is 53.9 Å². The van der Waals surface area contributed by atoms with Gasteiger partial charge < -0.3 is 9.73 Å². The third-order valence-corrected chi connectivity index (χ3v) is 3.96. The number of amides is 1. The van der Waals surface area contributed by atoms with Crippen LogP contribution in [-0.4, -0.2) is 20.9 Å². The van der Waals surface area contributed by atoms with Crippen LogP contribution >= 0.6 is 0 Å². The molecule has 0 fully saturated rings. The molecule has 0 bridgehead atoms. The minimum Gasteiger partial charge on any atom is -0.439 e. The molecule has 1 aromatic carbocycles. The summed E-state index contributed by atoms with van der Waals surface area (Å²) in [6, 6.07) is 6.03. The summed E-state index contributed by atoms with van der Waals surface area (Å²) in [4.78, 5) is 24.6. The van der Waals surface area contributed by atoms with Crippen molar-refractivity contribution in [2.75, 3.05) is 0 Å². The average Bonchev–Trinajstić information content (AvgIpc) is 3.00. The zero-order chi connectivity index (χ0) is 17.9. The van der Waals surface area contributed by atoms with Gasteiger partial charge in [0, 0.05) is 25.0 Å². The van der Waals surface area contributed by atoms with E-state index in [4.69, 9.17) is 4.42 Å². The van der Waals surface area contributed by atoms with Crippen molar-refractivity contribution < 1.29 is 9.21 Å². The number of benzene rings is 1. The minimum atomic E-state index is -0.0664. The van der Waals surface area contributed by atoms with Crippen LogP contribution in [0.15, 0.2) is 41.2 Å². The molecule has 0 radical (unpaired) electrons. The van der Waals surface area contributed by atoms with Gasteiger partial charge in [-0.2, -0.15) is 0 Å². The van der Waals surface area contributed by atoms with Gasteiger partial charge in [-0.25, -0.2) is 4.98 Å². The van der Waals surface area contributed by atoms with Crippen molar-refractivity contribution in [2.24, 2.45) is 0 Å². The lowest BCUT2D eigenvalue weighted by atomic mass is 9.87. The molecule has 3 rings (SSSR count). The standard InChI is InChI=1S/C19H22N4O2/c1-19(2,3)13-4-6-16-15(10-13)23-18(25-16)12-22-17(24)7-5-14-11-20-8-9-21-14/h4,6,8-11H,5,7,12H2,1-3H3,(H,22,24). The molecule has 130 valence electrons. The monoisotopic (exact) mass is 338 g/mol. The highest BCUT2D eigenvalue weighted by Gasteiger charge is 2.16. The number of aromatic nitrogens is 3. The van der Waals surface area contributed by atoms with E-state index in [9.17, 15) is 4.79 Å². The number of nitrogens with one attached hydrogen (secondary N) is 1. The molecule has 0 aliphatic carbocycles. The predicted octanol–water partition coefficient (Wildman–Crippen LogP) is 3.16. The summed E-state index contributed by atoms with van der Waals surface area (Å²) in [5.41, 5.74) is 3.61. The number of hydrogen-bond donors (Lipinski definition) is 1. The van der Waals surface area contributed by atoms with E-state index in [1.165, 1.54) is 5.56 Å². The molecular weight excluding hydrogens is 316 g/mol. The third kappa shape index (κ3) is 4.41. The second-order valence-electron chi connectivity index (χ2n) is 7.01. The van der Waals surface area contributed by atoms with Gasteiger partial charge in [0.2, 0.25) is 11.8 Å². The Morgan fingerprint density at radius 2 is 2.08 bits per heavy atom. The van der Waals surface area contributed by atoms with Crippen molar-refractivity contribution in [2.45, 2.75) is 45.6 Å². The van der Waals surface area contributed by atoms with Gasteiger partial charge in [0.05, 0.1) is 12.2 Å². The third-order valence-electron chi connectivity index (χ3n) is 3.96. The van der Waals surface area contributed by atoms with Crippen LogP contribution in [-0.2, 0) is 23.2 Å². The fourth-order valence-electron chi connectivity index (χ4n) is 2.48. The topological polar surface area (TPSA) is 80.9 Å². The van der Waals surface area contributed by atoms with Crippen LogP contribution < -0.4 is 5.32 Å². The Bertz CT molecular complexity index is 866. The van der Waals surface area contributed by atoms with E-state index in [1.807, 2.05) is 12.1 Å². The number of nitrogens with zero attached hydrogens (tertiary/aromatic N) is 3. The lowest BCUT2D eigenvalue weighted by Crippen LogP contribution is -2.23. The van der Waals surface area contributed by atoms with Gasteiger partial charge >= 0.3 is 0 Å². The van der Waals surface area contributed by atoms with Crippen molar-refractivity contribution in [1.82, 2.24) is 20.3 Å². The van der Waals surface area contributed by atoms with Crippen molar-refractivity contribution in [3.8, 4) is 0 Å². The Kier molecular flexibility index (Phi) is 4.79. The Morgan fingerprint density at radius 1 is 1.24 bits per heavy atom. The first-order valence-corrected chi connectivity index (χ1v) is 8.33. The molecule has 2 heterocycles. The molecule has 0 atom stereocenters. The molecule has 1 amide bonds. The highest BCUT2D eigenvalue weighted by atomic mass is 16.3. The molecule has 6 heteroatoms. The zero-order valence-electron chi connectivity index (χ0n) is 14.7. The Balaban J connectivity index is 1.58. The maximum absolute atomic E-state index is 12.0. The van der Waals surface area contributed by atoms with E-state index in [0.717, 1.165) is 16.8 Å². The molecule has 25 heavy (non-hydrogen) atoms. The molecule has 0 aliphatic rings. The van der Waals surface area contributed by atoms with Gasteiger partial charge in [-0.3, -0.25) is 14.8 Å². The van der Waals surface area contributed by atoms with E-state index in [-0.39, 0.29) is 17.9 Å². The molecule has 0 saturated carbocycles. The summed E-state index contributed by atoms with van der Waals surface area (Å²) in [6.45, 7) is 6.75. The van der Waals surface area contributed by atoms with Crippen molar-refractivity contribution in [3.63, 3.8) is 0 Å². The van der Waals surface area contributed by atoms with Gasteiger partial charge in [0.25, 0.3) is 0 Å². The smallest absolute Gasteiger partial charge is 0.220 e. The molecule has 0 aliphatic heterocycles. The van der Waals surface area contributed by atoms with E-state index in [2.05, 4.69) is 47.1 Å². The fourth-order valence-corrected chi connectivity index (χ4v) is 2.48. The van der Waals surface area contributed by atoms with Crippen LogP contribution in [0.25, 0.3) is 11.1 Å². The highest BCUT2D eigenvalue weighted by Crippen LogP contribution is 2.26. The number of oxazole rings is 1. The van der Waals surface area contributed by atoms with Gasteiger partial charge in [0.1, 0.15) is 5.52 Å². The largest absolute Gasteiger partial charge is 0.439 e. The van der Waals surface area contributed by atoms with E-state index >= 15 is 0 Å². The SMILES string of the molecule is CC(C)(C)c1ccc2oc(CNC(=O)CCc3cnccn3)nc2c1. The number of hydrogen-bond acceptors (Lipinski definition) is 5. The van der Waals surface area contributed by atoms with E-state index < -0.39 is 0 Å². The second kappa shape index (κ2) is 7.01. The van der Waals surface area contributed by atoms with Crippen LogP contribution in [0.5, 0.6) is 0 Å². The maximum Gasteiger partial charge on any atom is 0.220 e. The van der Waals surface area contributed by atoms with Crippen molar-refractivity contribution in [1.29, 1.82) is 0 Å². The van der Waals surface area contributed by atoms with Crippen LogP contribution in [0.4, 0.5) is 0 Å². The molecule has 2 aromatic heterocycles. The number of carbonyl (C=O) groups excluding carboxylic acids is 1. The quantitative estimate of drug-likeness (QED) is 0.773. The normalized spacial score (nSPS) is 11.6. The Morgan fingerprint density at radius 3 is 2.80 bits per heavy atom. The number of fused-ring (bicyclic) bond motifs is 1. The minimum absolute atomic E-state index is 0.0574. The highest BCUT2D eigenvalue weighted by molar-refractivity contribution is 5.76. The van der Waals surface area contributed by atoms with Gasteiger partial charge in [-0.05, 0) is 29.5 Å². The predicted molar refractivity (Wildman–Crippen MR) is 94.9 cm³/mol. The molecule has 0 saturated heterocycles. The van der Waals surface area contributed by atoms with E-state index in [0.29, 0.717) is 18.7 Å². The summed E-state index contributed by atoms with van der Waals surface area (Å²) < 4.78 is 5.70. The molecule has 6 nitrogen and oxygen atoms in total. The second-order valence-corrected chi connectivity index (χ2v) is 7.01. The Hall–Kier alpha value is -2.76. The average molecular weight is 338 g/mol. The zero-order valence-corrected chi connectivity index (χ0v) is 14.7. The fraction of sp³-hybridized carbons (Fsp3) is 0.368. The summed E-state index contributed by atoms with van der Waals surface area (Å²) in [5.74, 6) is 0.442. The maximum atomic E-state index is 12.0. The van der Waals surface area contributed by atoms with Gasteiger partial charge in [0.15, 0.2) is 5.58 Å². The summed E-state index contributed by atoms with van der Waals surface area (Å²) in [6.07, 6.45) is 5.81. The molecule has 3 aromatic rings. The van der Waals surface area contributed by atoms with Crippen LogP contribution in [0, 0.1) is 0 Å². The van der Waals surface area contributed by atoms with Crippen LogP contribution in [0.2, 0.25) is 0 Å². The first-order valence-electron chi connectivity index (χ1n) is 8.33. The summed E-state index contributed by atoms with van der Waals surface area (Å²) >= 11 is 0. The van der Waals surface area contributed by atoms with Gasteiger partial charge in [-0.15, -0.1) is 0 Å². The van der Waals surface area contributed by atoms with Crippen LogP contribution in [0.1, 0.15) is 44.3 Å². The molecular formula is C19H22N4O2. The number of carbonyl (C=O) groups is 1. The molecule has 0 unspecified atom stereocenters.